The minimum atomic E-state index is -0.996. The van der Waals surface area contributed by atoms with Gasteiger partial charge in [0.1, 0.15) is 0 Å². The fourth-order valence-electron chi connectivity index (χ4n) is 1.70. The summed E-state index contributed by atoms with van der Waals surface area (Å²) < 4.78 is 0. The summed E-state index contributed by atoms with van der Waals surface area (Å²) in [6, 6.07) is 7.38. The molecule has 0 saturated heterocycles. The third-order valence-electron chi connectivity index (χ3n) is 2.68. The molecule has 0 fully saturated rings. The highest BCUT2D eigenvalue weighted by Gasteiger charge is 2.11. The number of carbonyl (C=O) groups excluding carboxylic acids is 1. The highest BCUT2D eigenvalue weighted by Crippen LogP contribution is 2.21. The van der Waals surface area contributed by atoms with Gasteiger partial charge in [-0.2, -0.15) is 0 Å². The van der Waals surface area contributed by atoms with Crippen molar-refractivity contribution in [3.05, 3.63) is 35.9 Å². The molecule has 0 radical (unpaired) electrons. The molecule has 0 aliphatic heterocycles. The van der Waals surface area contributed by atoms with Crippen LogP contribution in [0.25, 0.3) is 6.08 Å². The lowest BCUT2D eigenvalue weighted by molar-refractivity contribution is -0.131. The number of carbonyl (C=O) groups is 2. The average molecular weight is 262 g/mol. The van der Waals surface area contributed by atoms with Crippen LogP contribution in [0.5, 0.6) is 0 Å². The van der Waals surface area contributed by atoms with Crippen molar-refractivity contribution in [3.63, 3.8) is 0 Å². The van der Waals surface area contributed by atoms with E-state index < -0.39 is 5.97 Å². The van der Waals surface area contributed by atoms with Crippen LogP contribution >= 0.6 is 0 Å². The number of hydrogen-bond donors (Lipinski definition) is 2. The number of carboxylic acid groups (broad SMARTS) is 1. The zero-order chi connectivity index (χ0) is 14.3. The Balaban J connectivity index is 3.02. The Bertz CT molecular complexity index is 483. The molecular weight excluding hydrogens is 244 g/mol. The minimum absolute atomic E-state index is 0.0844. The first-order chi connectivity index (χ1) is 9.08. The largest absolute Gasteiger partial charge is 0.478 e. The van der Waals surface area contributed by atoms with Crippen molar-refractivity contribution in [3.8, 4) is 0 Å². The number of nitrogens with zero attached hydrogens (tertiary/aromatic N) is 1. The lowest BCUT2D eigenvalue weighted by Crippen LogP contribution is -2.35. The van der Waals surface area contributed by atoms with Gasteiger partial charge in [0.15, 0.2) is 0 Å². The summed E-state index contributed by atoms with van der Waals surface area (Å²) in [4.78, 5) is 23.9. The van der Waals surface area contributed by atoms with Gasteiger partial charge in [0.25, 0.3) is 0 Å². The fourth-order valence-corrected chi connectivity index (χ4v) is 1.70. The van der Waals surface area contributed by atoms with E-state index >= 15 is 0 Å². The van der Waals surface area contributed by atoms with Crippen LogP contribution in [0.3, 0.4) is 0 Å². The molecule has 5 heteroatoms. The van der Waals surface area contributed by atoms with Crippen LogP contribution < -0.4 is 10.2 Å². The lowest BCUT2D eigenvalue weighted by Gasteiger charge is -2.24. The number of para-hydroxylation sites is 1. The Labute approximate surface area is 112 Å². The molecule has 0 aliphatic rings. The molecule has 1 rings (SSSR count). The number of anilines is 1. The summed E-state index contributed by atoms with van der Waals surface area (Å²) in [5, 5.41) is 11.3. The topological polar surface area (TPSA) is 69.6 Å². The van der Waals surface area contributed by atoms with E-state index in [1.54, 1.807) is 7.05 Å². The Morgan fingerprint density at radius 3 is 2.63 bits per heavy atom. The first-order valence-corrected chi connectivity index (χ1v) is 6.04. The molecule has 102 valence electrons. The number of likely N-dealkylation sites (N-methyl/N-ethyl adjacent to an activating group) is 2. The maximum atomic E-state index is 11.5. The van der Waals surface area contributed by atoms with Gasteiger partial charge in [0.05, 0.1) is 6.54 Å². The summed E-state index contributed by atoms with van der Waals surface area (Å²) in [7, 11) is 1.59. The molecule has 0 bridgehead atoms. The van der Waals surface area contributed by atoms with Crippen molar-refractivity contribution in [1.82, 2.24) is 5.32 Å². The average Bonchev–Trinajstić information content (AvgIpc) is 2.42. The number of nitrogens with one attached hydrogen (secondary N) is 1. The second-order valence-corrected chi connectivity index (χ2v) is 3.92. The summed E-state index contributed by atoms with van der Waals surface area (Å²) in [6.07, 6.45) is 2.62. The predicted octanol–water partition coefficient (Wildman–Crippen LogP) is 1.36. The second kappa shape index (κ2) is 7.20. The van der Waals surface area contributed by atoms with Crippen molar-refractivity contribution in [1.29, 1.82) is 0 Å². The highest BCUT2D eigenvalue weighted by molar-refractivity contribution is 5.88. The predicted molar refractivity (Wildman–Crippen MR) is 75.1 cm³/mol. The quantitative estimate of drug-likeness (QED) is 0.759. The Morgan fingerprint density at radius 2 is 2.05 bits per heavy atom. The summed E-state index contributed by atoms with van der Waals surface area (Å²) in [5.74, 6) is -1.08. The number of hydrogen-bond acceptors (Lipinski definition) is 3. The van der Waals surface area contributed by atoms with Gasteiger partial charge in [0.2, 0.25) is 5.91 Å². The van der Waals surface area contributed by atoms with Gasteiger partial charge < -0.3 is 15.3 Å². The summed E-state index contributed by atoms with van der Waals surface area (Å²) in [6.45, 7) is 2.84. The minimum Gasteiger partial charge on any atom is -0.478 e. The van der Waals surface area contributed by atoms with E-state index in [0.717, 1.165) is 17.3 Å². The number of carboxylic acids is 1. The van der Waals surface area contributed by atoms with Crippen molar-refractivity contribution in [2.45, 2.75) is 6.92 Å². The molecule has 0 spiro atoms. The molecule has 1 amide bonds. The summed E-state index contributed by atoms with van der Waals surface area (Å²) in [5.41, 5.74) is 1.61. The Kier molecular flexibility index (Phi) is 5.60. The van der Waals surface area contributed by atoms with E-state index in [0.29, 0.717) is 6.54 Å². The molecule has 0 atom stereocenters. The van der Waals surface area contributed by atoms with Gasteiger partial charge >= 0.3 is 5.97 Å². The first kappa shape index (κ1) is 14.8. The van der Waals surface area contributed by atoms with Gasteiger partial charge in [-0.3, -0.25) is 4.79 Å². The Hall–Kier alpha value is -2.30. The number of rotatable bonds is 6. The zero-order valence-electron chi connectivity index (χ0n) is 11.1. The third kappa shape index (κ3) is 4.46. The van der Waals surface area contributed by atoms with Crippen LogP contribution in [0.4, 0.5) is 5.69 Å². The molecule has 1 aromatic carbocycles. The fraction of sp³-hybridized carbons (Fsp3) is 0.286. The second-order valence-electron chi connectivity index (χ2n) is 3.92. The smallest absolute Gasteiger partial charge is 0.328 e. The van der Waals surface area contributed by atoms with Gasteiger partial charge in [-0.05, 0) is 24.6 Å². The van der Waals surface area contributed by atoms with E-state index in [-0.39, 0.29) is 12.5 Å². The van der Waals surface area contributed by atoms with Crippen LogP contribution in [0.2, 0.25) is 0 Å². The number of aliphatic carboxylic acids is 1. The SMILES string of the molecule is CCN(CC(=O)NC)c1ccccc1/C=C/C(=O)O. The van der Waals surface area contributed by atoms with Crippen LogP contribution in [-0.4, -0.2) is 37.1 Å². The molecule has 2 N–H and O–H groups in total. The van der Waals surface area contributed by atoms with Gasteiger partial charge in [-0.15, -0.1) is 0 Å². The van der Waals surface area contributed by atoms with E-state index in [4.69, 9.17) is 5.11 Å². The molecule has 19 heavy (non-hydrogen) atoms. The molecule has 5 nitrogen and oxygen atoms in total. The van der Waals surface area contributed by atoms with Crippen LogP contribution in [-0.2, 0) is 9.59 Å². The van der Waals surface area contributed by atoms with Crippen LogP contribution in [0, 0.1) is 0 Å². The van der Waals surface area contributed by atoms with Gasteiger partial charge in [-0.1, -0.05) is 18.2 Å². The first-order valence-electron chi connectivity index (χ1n) is 6.04. The van der Waals surface area contributed by atoms with Gasteiger partial charge in [-0.25, -0.2) is 4.79 Å². The van der Waals surface area contributed by atoms with E-state index in [2.05, 4.69) is 5.32 Å². The standard InChI is InChI=1S/C14H18N2O3/c1-3-16(10-13(17)15-2)12-7-5-4-6-11(12)8-9-14(18)19/h4-9H,3,10H2,1-2H3,(H,15,17)(H,18,19)/b9-8+. The molecule has 0 aromatic heterocycles. The monoisotopic (exact) mass is 262 g/mol. The molecule has 0 aliphatic carbocycles. The maximum absolute atomic E-state index is 11.5. The molecule has 0 saturated carbocycles. The molecular formula is C14H18N2O3. The highest BCUT2D eigenvalue weighted by atomic mass is 16.4. The van der Waals surface area contributed by atoms with E-state index in [9.17, 15) is 9.59 Å². The lowest BCUT2D eigenvalue weighted by atomic mass is 10.1. The van der Waals surface area contributed by atoms with Crippen LogP contribution in [0.15, 0.2) is 30.3 Å². The molecule has 0 unspecified atom stereocenters. The van der Waals surface area contributed by atoms with Crippen molar-refractivity contribution in [2.24, 2.45) is 0 Å². The number of amides is 1. The van der Waals surface area contributed by atoms with Crippen LogP contribution in [0.1, 0.15) is 12.5 Å². The van der Waals surface area contributed by atoms with Crippen molar-refractivity contribution < 1.29 is 14.7 Å². The third-order valence-corrected chi connectivity index (χ3v) is 2.68. The summed E-state index contributed by atoms with van der Waals surface area (Å²) >= 11 is 0. The van der Waals surface area contributed by atoms with E-state index in [1.165, 1.54) is 6.08 Å². The maximum Gasteiger partial charge on any atom is 0.328 e. The van der Waals surface area contributed by atoms with Gasteiger partial charge in [0, 0.05) is 25.4 Å². The normalized spacial score (nSPS) is 10.4. The molecule has 1 aromatic rings. The van der Waals surface area contributed by atoms with Crippen molar-refractivity contribution >= 4 is 23.6 Å². The number of benzene rings is 1. The van der Waals surface area contributed by atoms with E-state index in [1.807, 2.05) is 36.1 Å². The van der Waals surface area contributed by atoms with Crippen molar-refractivity contribution in [2.75, 3.05) is 25.0 Å². The molecule has 0 heterocycles. The zero-order valence-corrected chi connectivity index (χ0v) is 11.1. The Morgan fingerprint density at radius 1 is 1.37 bits per heavy atom.